The summed E-state index contributed by atoms with van der Waals surface area (Å²) in [4.78, 5) is 0. The number of hydrogen-bond acceptors (Lipinski definition) is 1. The fourth-order valence-corrected chi connectivity index (χ4v) is 1.55. The summed E-state index contributed by atoms with van der Waals surface area (Å²) in [6, 6.07) is 2.36. The smallest absolute Gasteiger partial charge is 0.0690 e. The minimum Gasteiger partial charge on any atom is -0.198 e. The second-order valence-corrected chi connectivity index (χ2v) is 3.99. The third kappa shape index (κ3) is 1.63. The standard InChI is InChI=1S/C10H15N/c1-8-4-5-9(6-8)10(2,3)7-11/h6,9H,4-5H2,1-3H3. The Balaban J connectivity index is 2.72. The molecule has 0 aromatic rings. The summed E-state index contributed by atoms with van der Waals surface area (Å²) in [6.07, 6.45) is 4.59. The molecule has 0 aromatic carbocycles. The minimum atomic E-state index is -0.169. The van der Waals surface area contributed by atoms with Crippen LogP contribution in [0.5, 0.6) is 0 Å². The topological polar surface area (TPSA) is 23.8 Å². The number of nitriles is 1. The van der Waals surface area contributed by atoms with Crippen molar-refractivity contribution < 1.29 is 0 Å². The summed E-state index contributed by atoms with van der Waals surface area (Å²) in [5, 5.41) is 8.86. The maximum atomic E-state index is 8.86. The molecule has 0 aliphatic heterocycles. The molecule has 0 amide bonds. The Morgan fingerprint density at radius 2 is 2.27 bits per heavy atom. The van der Waals surface area contributed by atoms with Crippen LogP contribution in [0.1, 0.15) is 33.6 Å². The SMILES string of the molecule is CC1=CC(C(C)(C)C#N)CC1. The van der Waals surface area contributed by atoms with Crippen molar-refractivity contribution in [2.45, 2.75) is 33.6 Å². The van der Waals surface area contributed by atoms with E-state index >= 15 is 0 Å². The molecule has 60 valence electrons. The van der Waals surface area contributed by atoms with Gasteiger partial charge in [0, 0.05) is 0 Å². The molecular weight excluding hydrogens is 134 g/mol. The molecule has 0 saturated carbocycles. The van der Waals surface area contributed by atoms with Gasteiger partial charge in [-0.3, -0.25) is 0 Å². The molecule has 1 rings (SSSR count). The molecule has 0 aromatic heterocycles. The Morgan fingerprint density at radius 1 is 1.64 bits per heavy atom. The lowest BCUT2D eigenvalue weighted by molar-refractivity contribution is 0.351. The van der Waals surface area contributed by atoms with Gasteiger partial charge in [0.15, 0.2) is 0 Å². The van der Waals surface area contributed by atoms with Crippen molar-refractivity contribution in [1.29, 1.82) is 5.26 Å². The van der Waals surface area contributed by atoms with E-state index < -0.39 is 0 Å². The normalized spacial score (nSPS) is 24.5. The molecule has 0 N–H and O–H groups in total. The molecule has 11 heavy (non-hydrogen) atoms. The van der Waals surface area contributed by atoms with E-state index in [-0.39, 0.29) is 5.41 Å². The van der Waals surface area contributed by atoms with E-state index in [1.54, 1.807) is 0 Å². The zero-order valence-corrected chi connectivity index (χ0v) is 7.52. The van der Waals surface area contributed by atoms with Crippen molar-refractivity contribution in [3.8, 4) is 6.07 Å². The van der Waals surface area contributed by atoms with Crippen LogP contribution in [-0.2, 0) is 0 Å². The van der Waals surface area contributed by atoms with Gasteiger partial charge in [0.2, 0.25) is 0 Å². The second-order valence-electron chi connectivity index (χ2n) is 3.99. The van der Waals surface area contributed by atoms with E-state index in [1.165, 1.54) is 12.0 Å². The molecule has 0 heterocycles. The summed E-state index contributed by atoms with van der Waals surface area (Å²) in [6.45, 7) is 6.19. The fourth-order valence-electron chi connectivity index (χ4n) is 1.55. The van der Waals surface area contributed by atoms with Gasteiger partial charge in [0.1, 0.15) is 0 Å². The third-order valence-corrected chi connectivity index (χ3v) is 2.55. The molecule has 1 nitrogen and oxygen atoms in total. The van der Waals surface area contributed by atoms with Crippen LogP contribution in [0.4, 0.5) is 0 Å². The van der Waals surface area contributed by atoms with Crippen molar-refractivity contribution in [3.05, 3.63) is 11.6 Å². The Labute approximate surface area is 68.7 Å². The number of hydrogen-bond donors (Lipinski definition) is 0. The van der Waals surface area contributed by atoms with Gasteiger partial charge in [-0.05, 0) is 39.5 Å². The highest BCUT2D eigenvalue weighted by Gasteiger charge is 2.29. The van der Waals surface area contributed by atoms with Crippen LogP contribution in [0.3, 0.4) is 0 Å². The van der Waals surface area contributed by atoms with E-state index in [0.29, 0.717) is 5.92 Å². The molecule has 0 radical (unpaired) electrons. The Bertz CT molecular complexity index is 218. The molecule has 1 aliphatic rings. The average molecular weight is 149 g/mol. The first-order valence-electron chi connectivity index (χ1n) is 4.15. The molecular formula is C10H15N. The molecule has 0 spiro atoms. The van der Waals surface area contributed by atoms with E-state index in [9.17, 15) is 0 Å². The van der Waals surface area contributed by atoms with Crippen LogP contribution in [0, 0.1) is 22.7 Å². The van der Waals surface area contributed by atoms with Gasteiger partial charge >= 0.3 is 0 Å². The molecule has 1 aliphatic carbocycles. The van der Waals surface area contributed by atoms with Gasteiger partial charge in [-0.1, -0.05) is 11.6 Å². The number of rotatable bonds is 1. The Hall–Kier alpha value is -0.770. The lowest BCUT2D eigenvalue weighted by atomic mass is 9.80. The maximum Gasteiger partial charge on any atom is 0.0690 e. The summed E-state index contributed by atoms with van der Waals surface area (Å²) in [7, 11) is 0. The Morgan fingerprint density at radius 3 is 2.64 bits per heavy atom. The van der Waals surface area contributed by atoms with Gasteiger partial charge in [-0.2, -0.15) is 5.26 Å². The van der Waals surface area contributed by atoms with Crippen molar-refractivity contribution in [2.24, 2.45) is 11.3 Å². The highest BCUT2D eigenvalue weighted by Crippen LogP contribution is 2.37. The summed E-state index contributed by atoms with van der Waals surface area (Å²) >= 11 is 0. The quantitative estimate of drug-likeness (QED) is 0.526. The predicted octanol–water partition coefficient (Wildman–Crippen LogP) is 2.89. The summed E-state index contributed by atoms with van der Waals surface area (Å²) in [5.41, 5.74) is 1.27. The van der Waals surface area contributed by atoms with Crippen LogP contribution in [0.25, 0.3) is 0 Å². The first-order chi connectivity index (χ1) is 5.06. The van der Waals surface area contributed by atoms with Crippen molar-refractivity contribution in [2.75, 3.05) is 0 Å². The van der Waals surface area contributed by atoms with Gasteiger partial charge in [-0.25, -0.2) is 0 Å². The van der Waals surface area contributed by atoms with Crippen LogP contribution in [-0.4, -0.2) is 0 Å². The highest BCUT2D eigenvalue weighted by molar-refractivity contribution is 5.15. The molecule has 0 bridgehead atoms. The van der Waals surface area contributed by atoms with Crippen LogP contribution in [0.15, 0.2) is 11.6 Å². The first kappa shape index (κ1) is 8.33. The maximum absolute atomic E-state index is 8.86. The monoisotopic (exact) mass is 149 g/mol. The van der Waals surface area contributed by atoms with Gasteiger partial charge in [0.05, 0.1) is 11.5 Å². The molecule has 0 fully saturated rings. The van der Waals surface area contributed by atoms with Crippen molar-refractivity contribution in [1.82, 2.24) is 0 Å². The van der Waals surface area contributed by atoms with Gasteiger partial charge in [-0.15, -0.1) is 0 Å². The van der Waals surface area contributed by atoms with Crippen LogP contribution < -0.4 is 0 Å². The molecule has 1 atom stereocenters. The van der Waals surface area contributed by atoms with E-state index in [4.69, 9.17) is 5.26 Å². The van der Waals surface area contributed by atoms with Gasteiger partial charge in [0.25, 0.3) is 0 Å². The van der Waals surface area contributed by atoms with Crippen molar-refractivity contribution >= 4 is 0 Å². The average Bonchev–Trinajstić information content (AvgIpc) is 2.36. The molecule has 1 heteroatoms. The lowest BCUT2D eigenvalue weighted by Crippen LogP contribution is -2.18. The van der Waals surface area contributed by atoms with E-state index in [1.807, 2.05) is 13.8 Å². The number of allylic oxidation sites excluding steroid dienone is 2. The van der Waals surface area contributed by atoms with Crippen LogP contribution >= 0.6 is 0 Å². The predicted molar refractivity (Wildman–Crippen MR) is 45.9 cm³/mol. The van der Waals surface area contributed by atoms with Crippen LogP contribution in [0.2, 0.25) is 0 Å². The largest absolute Gasteiger partial charge is 0.198 e. The second kappa shape index (κ2) is 2.70. The van der Waals surface area contributed by atoms with Gasteiger partial charge < -0.3 is 0 Å². The number of nitrogens with zero attached hydrogens (tertiary/aromatic N) is 1. The third-order valence-electron chi connectivity index (χ3n) is 2.55. The fraction of sp³-hybridized carbons (Fsp3) is 0.700. The molecule has 1 unspecified atom stereocenters. The van der Waals surface area contributed by atoms with E-state index in [2.05, 4.69) is 19.1 Å². The zero-order chi connectivity index (χ0) is 8.48. The summed E-state index contributed by atoms with van der Waals surface area (Å²) < 4.78 is 0. The first-order valence-corrected chi connectivity index (χ1v) is 4.15. The summed E-state index contributed by atoms with van der Waals surface area (Å²) in [5.74, 6) is 0.479. The van der Waals surface area contributed by atoms with E-state index in [0.717, 1.165) is 6.42 Å². The lowest BCUT2D eigenvalue weighted by Gasteiger charge is -2.21. The molecule has 0 saturated heterocycles. The van der Waals surface area contributed by atoms with Crippen molar-refractivity contribution in [3.63, 3.8) is 0 Å². The minimum absolute atomic E-state index is 0.169. The highest BCUT2D eigenvalue weighted by atomic mass is 14.4. The Kier molecular flexibility index (Phi) is 2.04. The zero-order valence-electron chi connectivity index (χ0n) is 7.52.